The van der Waals surface area contributed by atoms with Gasteiger partial charge in [0.2, 0.25) is 0 Å². The van der Waals surface area contributed by atoms with Crippen molar-refractivity contribution in [1.82, 2.24) is 4.98 Å². The third-order valence-corrected chi connectivity index (χ3v) is 5.97. The number of hydrogen-bond donors (Lipinski definition) is 2. The number of benzene rings is 1. The minimum absolute atomic E-state index is 0.362. The van der Waals surface area contributed by atoms with Gasteiger partial charge in [0.15, 0.2) is 5.17 Å². The van der Waals surface area contributed by atoms with Crippen LogP contribution in [-0.4, -0.2) is 22.5 Å². The summed E-state index contributed by atoms with van der Waals surface area (Å²) < 4.78 is 5.98. The van der Waals surface area contributed by atoms with Crippen molar-refractivity contribution in [2.24, 2.45) is 16.6 Å². The zero-order chi connectivity index (χ0) is 18.1. The molecule has 2 aliphatic rings. The minimum atomic E-state index is -0.416. The maximum Gasteiger partial charge on any atom is 0.154 e. The number of ether oxygens (including phenoxy) is 1. The van der Waals surface area contributed by atoms with Crippen LogP contribution in [-0.2, 0) is 5.54 Å². The van der Waals surface area contributed by atoms with Gasteiger partial charge < -0.3 is 15.8 Å². The first kappa shape index (κ1) is 16.7. The van der Waals surface area contributed by atoms with Crippen molar-refractivity contribution in [2.75, 3.05) is 17.7 Å². The molecule has 0 unspecified atom stereocenters. The summed E-state index contributed by atoms with van der Waals surface area (Å²) >= 11 is 1.61. The third-order valence-electron chi connectivity index (χ3n) is 5.01. The Labute approximate surface area is 156 Å². The summed E-state index contributed by atoms with van der Waals surface area (Å²) in [6, 6.07) is 11.6. The van der Waals surface area contributed by atoms with E-state index in [-0.39, 0.29) is 0 Å². The highest BCUT2D eigenvalue weighted by Gasteiger charge is 2.42. The fourth-order valence-corrected chi connectivity index (χ4v) is 4.63. The lowest BCUT2D eigenvalue weighted by atomic mass is 9.79. The van der Waals surface area contributed by atoms with Crippen LogP contribution in [0.1, 0.15) is 24.5 Å². The molecule has 0 bridgehead atoms. The molecule has 6 nitrogen and oxygen atoms in total. The molecule has 0 saturated heterocycles. The van der Waals surface area contributed by atoms with E-state index in [1.54, 1.807) is 30.1 Å². The molecule has 3 heterocycles. The second-order valence-electron chi connectivity index (χ2n) is 6.59. The van der Waals surface area contributed by atoms with E-state index in [9.17, 15) is 5.26 Å². The average molecular weight is 365 g/mol. The fraction of sp³-hybridized carbons (Fsp3) is 0.316. The molecule has 26 heavy (non-hydrogen) atoms. The van der Waals surface area contributed by atoms with Crippen molar-refractivity contribution >= 4 is 28.4 Å². The predicted octanol–water partition coefficient (Wildman–Crippen LogP) is 3.37. The number of pyridine rings is 1. The van der Waals surface area contributed by atoms with Gasteiger partial charge in [-0.3, -0.25) is 4.99 Å². The third kappa shape index (κ3) is 2.86. The molecule has 0 fully saturated rings. The van der Waals surface area contributed by atoms with Crippen LogP contribution >= 0.6 is 11.8 Å². The molecule has 1 aromatic heterocycles. The lowest BCUT2D eigenvalue weighted by Gasteiger charge is -2.36. The summed E-state index contributed by atoms with van der Waals surface area (Å²) in [5.74, 6) is 2.67. The number of aliphatic imine (C=N–C) groups is 1. The Bertz CT molecular complexity index is 922. The van der Waals surface area contributed by atoms with Crippen molar-refractivity contribution < 1.29 is 4.74 Å². The van der Waals surface area contributed by atoms with Gasteiger partial charge in [0, 0.05) is 29.1 Å². The first-order valence-corrected chi connectivity index (χ1v) is 9.46. The molecule has 0 radical (unpaired) electrons. The number of aromatic nitrogens is 1. The first-order chi connectivity index (χ1) is 12.6. The van der Waals surface area contributed by atoms with Gasteiger partial charge >= 0.3 is 0 Å². The van der Waals surface area contributed by atoms with Crippen molar-refractivity contribution in [3.8, 4) is 11.8 Å². The zero-order valence-corrected chi connectivity index (χ0v) is 15.2. The van der Waals surface area contributed by atoms with Crippen LogP contribution in [0.15, 0.2) is 41.5 Å². The predicted molar refractivity (Wildman–Crippen MR) is 104 cm³/mol. The number of fused-ring (bicyclic) bond motifs is 3. The summed E-state index contributed by atoms with van der Waals surface area (Å²) in [6.45, 7) is 2.80. The van der Waals surface area contributed by atoms with E-state index in [2.05, 4.69) is 23.3 Å². The number of thioether (sulfide) groups is 1. The molecule has 132 valence electrons. The Morgan fingerprint density at radius 2 is 2.31 bits per heavy atom. The summed E-state index contributed by atoms with van der Waals surface area (Å²) in [4.78, 5) is 9.07. The lowest BCUT2D eigenvalue weighted by Crippen LogP contribution is -2.37. The van der Waals surface area contributed by atoms with Gasteiger partial charge in [0.1, 0.15) is 17.6 Å². The number of hydrogen-bond acceptors (Lipinski definition) is 7. The number of anilines is 2. The molecule has 3 N–H and O–H groups in total. The maximum absolute atomic E-state index is 9.27. The number of nitriles is 1. The van der Waals surface area contributed by atoms with E-state index >= 15 is 0 Å². The zero-order valence-electron chi connectivity index (χ0n) is 14.4. The Hall–Kier alpha value is -2.72. The van der Waals surface area contributed by atoms with E-state index in [0.717, 1.165) is 29.2 Å². The standard InChI is InChI=1S/C19H19N5OS/c1-19-13(11-26-18(21)24-19)6-8-25-16-5-4-14(9-15(16)19)23-17-12(10-20)3-2-7-22-17/h2-5,7,9,13H,6,8,11H2,1H3,(H2,21,24)(H,22,23)/t13-,19+/m1/s1. The number of nitrogens with two attached hydrogens (primary N) is 1. The topological polar surface area (TPSA) is 96.3 Å². The molecule has 4 rings (SSSR count). The highest BCUT2D eigenvalue weighted by atomic mass is 32.2. The van der Waals surface area contributed by atoms with Crippen molar-refractivity contribution in [3.63, 3.8) is 0 Å². The van der Waals surface area contributed by atoms with Crippen LogP contribution < -0.4 is 15.8 Å². The Balaban J connectivity index is 1.77. The minimum Gasteiger partial charge on any atom is -0.493 e. The lowest BCUT2D eigenvalue weighted by molar-refractivity contribution is 0.271. The van der Waals surface area contributed by atoms with Gasteiger partial charge in [-0.15, -0.1) is 0 Å². The molecule has 0 spiro atoms. The largest absolute Gasteiger partial charge is 0.493 e. The Morgan fingerprint density at radius 3 is 3.15 bits per heavy atom. The van der Waals surface area contributed by atoms with E-state index in [4.69, 9.17) is 15.5 Å². The maximum atomic E-state index is 9.27. The number of nitrogens with zero attached hydrogens (tertiary/aromatic N) is 3. The van der Waals surface area contributed by atoms with Gasteiger partial charge in [-0.05, 0) is 43.7 Å². The molecular formula is C19H19N5OS. The number of rotatable bonds is 2. The van der Waals surface area contributed by atoms with E-state index in [0.29, 0.717) is 29.1 Å². The molecule has 2 atom stereocenters. The Morgan fingerprint density at radius 1 is 1.42 bits per heavy atom. The summed E-state index contributed by atoms with van der Waals surface area (Å²) in [7, 11) is 0. The molecule has 2 aliphatic heterocycles. The number of amidine groups is 1. The smallest absolute Gasteiger partial charge is 0.154 e. The van der Waals surface area contributed by atoms with Gasteiger partial charge in [-0.25, -0.2) is 4.98 Å². The molecule has 7 heteroatoms. The molecule has 1 aromatic carbocycles. The van der Waals surface area contributed by atoms with Crippen LogP contribution in [0.5, 0.6) is 5.75 Å². The average Bonchev–Trinajstić information content (AvgIpc) is 2.78. The van der Waals surface area contributed by atoms with Crippen LogP contribution in [0.25, 0.3) is 0 Å². The first-order valence-electron chi connectivity index (χ1n) is 8.48. The highest BCUT2D eigenvalue weighted by molar-refractivity contribution is 8.13. The second-order valence-corrected chi connectivity index (χ2v) is 7.63. The van der Waals surface area contributed by atoms with Crippen LogP contribution in [0.4, 0.5) is 11.5 Å². The normalized spacial score (nSPS) is 24.2. The van der Waals surface area contributed by atoms with Crippen molar-refractivity contribution in [1.29, 1.82) is 5.26 Å². The van der Waals surface area contributed by atoms with Crippen LogP contribution in [0.3, 0.4) is 0 Å². The van der Waals surface area contributed by atoms with Gasteiger partial charge in [0.25, 0.3) is 0 Å². The molecule has 0 saturated carbocycles. The summed E-state index contributed by atoms with van der Waals surface area (Å²) in [5, 5.41) is 13.1. The molecule has 0 aliphatic carbocycles. The van der Waals surface area contributed by atoms with Gasteiger partial charge in [-0.1, -0.05) is 11.8 Å². The molecule has 0 amide bonds. The van der Waals surface area contributed by atoms with Crippen molar-refractivity contribution in [3.05, 3.63) is 47.7 Å². The van der Waals surface area contributed by atoms with Crippen LogP contribution in [0, 0.1) is 17.2 Å². The monoisotopic (exact) mass is 365 g/mol. The summed E-state index contributed by atoms with van der Waals surface area (Å²) in [5.41, 5.74) is 7.99. The van der Waals surface area contributed by atoms with E-state index in [1.807, 2.05) is 18.2 Å². The number of nitrogens with one attached hydrogen (secondary N) is 1. The van der Waals surface area contributed by atoms with Crippen molar-refractivity contribution in [2.45, 2.75) is 18.9 Å². The van der Waals surface area contributed by atoms with Gasteiger partial charge in [-0.2, -0.15) is 5.26 Å². The van der Waals surface area contributed by atoms with Gasteiger partial charge in [0.05, 0.1) is 17.7 Å². The van der Waals surface area contributed by atoms with Crippen LogP contribution in [0.2, 0.25) is 0 Å². The fourth-order valence-electron chi connectivity index (χ4n) is 3.52. The SMILES string of the molecule is C[C@]12N=C(N)SC[C@H]1CCOc1ccc(Nc3ncccc3C#N)cc12. The quantitative estimate of drug-likeness (QED) is 0.847. The van der Waals surface area contributed by atoms with E-state index < -0.39 is 5.54 Å². The highest BCUT2D eigenvalue weighted by Crippen LogP contribution is 2.47. The van der Waals surface area contributed by atoms with E-state index in [1.165, 1.54) is 0 Å². The second kappa shape index (κ2) is 6.54. The Kier molecular flexibility index (Phi) is 4.21. The molecule has 2 aromatic rings. The summed E-state index contributed by atoms with van der Waals surface area (Å²) in [6.07, 6.45) is 2.60. The molecular weight excluding hydrogens is 346 g/mol.